The van der Waals surface area contributed by atoms with Gasteiger partial charge in [0.15, 0.2) is 0 Å². The molecule has 0 aliphatic carbocycles. The molecule has 6 nitrogen and oxygen atoms in total. The number of aliphatic hydroxyl groups is 1. The number of anilines is 1. The van der Waals surface area contributed by atoms with Crippen molar-refractivity contribution in [1.29, 1.82) is 0 Å². The van der Waals surface area contributed by atoms with Gasteiger partial charge < -0.3 is 14.6 Å². The zero-order chi connectivity index (χ0) is 16.0. The van der Waals surface area contributed by atoms with E-state index < -0.39 is 0 Å². The molecule has 0 spiro atoms. The maximum atomic E-state index is 9.80. The number of para-hydroxylation sites is 2. The molecule has 1 aliphatic rings. The van der Waals surface area contributed by atoms with Crippen LogP contribution < -0.4 is 4.90 Å². The van der Waals surface area contributed by atoms with Gasteiger partial charge in [-0.2, -0.15) is 5.10 Å². The number of rotatable bonds is 3. The highest BCUT2D eigenvalue weighted by atomic mass is 16.3. The molecule has 0 unspecified atom stereocenters. The lowest BCUT2D eigenvalue weighted by atomic mass is 9.92. The van der Waals surface area contributed by atoms with E-state index in [4.69, 9.17) is 4.98 Å². The Bertz CT molecular complexity index is 836. The van der Waals surface area contributed by atoms with Crippen LogP contribution in [0.2, 0.25) is 0 Å². The zero-order valence-electron chi connectivity index (χ0n) is 13.4. The number of aromatic nitrogens is 4. The number of imidazole rings is 1. The van der Waals surface area contributed by atoms with Gasteiger partial charge >= 0.3 is 0 Å². The predicted molar refractivity (Wildman–Crippen MR) is 89.5 cm³/mol. The van der Waals surface area contributed by atoms with Gasteiger partial charge in [-0.05, 0) is 17.7 Å². The third-order valence-electron chi connectivity index (χ3n) is 4.87. The van der Waals surface area contributed by atoms with Crippen LogP contribution in [0.1, 0.15) is 11.5 Å². The van der Waals surface area contributed by atoms with E-state index in [1.807, 2.05) is 42.3 Å². The van der Waals surface area contributed by atoms with E-state index in [2.05, 4.69) is 27.7 Å². The molecule has 1 fully saturated rings. The van der Waals surface area contributed by atoms with Crippen LogP contribution in [-0.4, -0.2) is 44.1 Å². The van der Waals surface area contributed by atoms with Gasteiger partial charge in [-0.25, -0.2) is 4.98 Å². The maximum absolute atomic E-state index is 9.80. The molecule has 2 aromatic heterocycles. The summed E-state index contributed by atoms with van der Waals surface area (Å²) in [5, 5.41) is 14.1. The highest BCUT2D eigenvalue weighted by Crippen LogP contribution is 2.35. The lowest BCUT2D eigenvalue weighted by molar-refractivity contribution is 0.227. The predicted octanol–water partition coefficient (Wildman–Crippen LogP) is 1.52. The number of aliphatic hydroxyl groups excluding tert-OH is 1. The van der Waals surface area contributed by atoms with Gasteiger partial charge in [0.2, 0.25) is 5.95 Å². The summed E-state index contributed by atoms with van der Waals surface area (Å²) in [6, 6.07) is 8.17. The van der Waals surface area contributed by atoms with Gasteiger partial charge in [-0.3, -0.25) is 4.68 Å². The smallest absolute Gasteiger partial charge is 0.206 e. The number of benzene rings is 1. The van der Waals surface area contributed by atoms with Crippen molar-refractivity contribution in [2.75, 3.05) is 24.6 Å². The lowest BCUT2D eigenvalue weighted by Gasteiger charge is -2.17. The van der Waals surface area contributed by atoms with Crippen molar-refractivity contribution in [2.45, 2.75) is 5.92 Å². The second-order valence-corrected chi connectivity index (χ2v) is 6.36. The molecule has 1 aliphatic heterocycles. The van der Waals surface area contributed by atoms with E-state index in [0.29, 0.717) is 0 Å². The first-order valence-corrected chi connectivity index (χ1v) is 7.93. The number of aryl methyl sites for hydroxylation is 2. The van der Waals surface area contributed by atoms with E-state index in [1.165, 1.54) is 5.56 Å². The molecular formula is C17H21N5O. The van der Waals surface area contributed by atoms with Crippen LogP contribution in [0.3, 0.4) is 0 Å². The molecule has 0 radical (unpaired) electrons. The molecule has 3 heterocycles. The van der Waals surface area contributed by atoms with Crippen LogP contribution in [0, 0.1) is 5.92 Å². The second kappa shape index (κ2) is 5.38. The first-order chi connectivity index (χ1) is 11.2. The van der Waals surface area contributed by atoms with Gasteiger partial charge in [0.1, 0.15) is 0 Å². The van der Waals surface area contributed by atoms with Crippen LogP contribution in [0.4, 0.5) is 5.95 Å². The molecular weight excluding hydrogens is 290 g/mol. The van der Waals surface area contributed by atoms with Gasteiger partial charge in [-0.1, -0.05) is 12.1 Å². The van der Waals surface area contributed by atoms with Gasteiger partial charge in [0, 0.05) is 51.8 Å². The molecule has 3 aromatic rings. The number of fused-ring (bicyclic) bond motifs is 1. The fourth-order valence-corrected chi connectivity index (χ4v) is 3.64. The molecule has 120 valence electrons. The summed E-state index contributed by atoms with van der Waals surface area (Å²) in [7, 11) is 3.98. The summed E-state index contributed by atoms with van der Waals surface area (Å²) in [6.07, 6.45) is 3.96. The fraction of sp³-hybridized carbons (Fsp3) is 0.412. The monoisotopic (exact) mass is 311 g/mol. The summed E-state index contributed by atoms with van der Waals surface area (Å²) in [6.45, 7) is 1.85. The topological polar surface area (TPSA) is 59.1 Å². The Kier molecular flexibility index (Phi) is 3.34. The Morgan fingerprint density at radius 2 is 2.04 bits per heavy atom. The summed E-state index contributed by atoms with van der Waals surface area (Å²) in [5.74, 6) is 1.46. The minimum Gasteiger partial charge on any atom is -0.396 e. The normalized spacial score (nSPS) is 21.4. The van der Waals surface area contributed by atoms with Gasteiger partial charge in [0.25, 0.3) is 0 Å². The fourth-order valence-electron chi connectivity index (χ4n) is 3.64. The Hall–Kier alpha value is -2.34. The number of hydrogen-bond acceptors (Lipinski definition) is 4. The average Bonchev–Trinajstić information content (AvgIpc) is 3.25. The molecule has 1 N–H and O–H groups in total. The molecule has 1 aromatic carbocycles. The quantitative estimate of drug-likeness (QED) is 0.797. The molecule has 0 saturated carbocycles. The average molecular weight is 311 g/mol. The van der Waals surface area contributed by atoms with Crippen LogP contribution in [0.25, 0.3) is 11.0 Å². The Morgan fingerprint density at radius 3 is 2.74 bits per heavy atom. The molecule has 0 bridgehead atoms. The van der Waals surface area contributed by atoms with Gasteiger partial charge in [-0.15, -0.1) is 0 Å². The summed E-state index contributed by atoms with van der Waals surface area (Å²) >= 11 is 0. The summed E-state index contributed by atoms with van der Waals surface area (Å²) in [5.41, 5.74) is 3.33. The van der Waals surface area contributed by atoms with E-state index in [0.717, 1.165) is 30.1 Å². The van der Waals surface area contributed by atoms with E-state index in [1.54, 1.807) is 0 Å². The van der Waals surface area contributed by atoms with Crippen LogP contribution in [0.15, 0.2) is 36.7 Å². The number of nitrogens with zero attached hydrogens (tertiary/aromatic N) is 5. The minimum absolute atomic E-state index is 0.181. The second-order valence-electron chi connectivity index (χ2n) is 6.36. The van der Waals surface area contributed by atoms with Gasteiger partial charge in [0.05, 0.1) is 17.2 Å². The summed E-state index contributed by atoms with van der Waals surface area (Å²) < 4.78 is 3.96. The third-order valence-corrected chi connectivity index (χ3v) is 4.87. The molecule has 2 atom stereocenters. The SMILES string of the molecule is Cn1cc([C@@H]2CN(c3nc4ccccc4n3C)C[C@H]2CO)cn1. The van der Waals surface area contributed by atoms with Crippen molar-refractivity contribution in [3.63, 3.8) is 0 Å². The Balaban J connectivity index is 1.68. The van der Waals surface area contributed by atoms with Crippen molar-refractivity contribution < 1.29 is 5.11 Å². The lowest BCUT2D eigenvalue weighted by Crippen LogP contribution is -2.23. The third kappa shape index (κ3) is 2.30. The molecule has 0 amide bonds. The highest BCUT2D eigenvalue weighted by molar-refractivity contribution is 5.78. The Labute approximate surface area is 135 Å². The molecule has 23 heavy (non-hydrogen) atoms. The van der Waals surface area contributed by atoms with Crippen molar-refractivity contribution in [2.24, 2.45) is 20.0 Å². The molecule has 4 rings (SSSR count). The standard InChI is InChI=1S/C17H21N5O/c1-20-8-12(7-18-20)14-10-22(9-13(14)11-23)17-19-15-5-3-4-6-16(15)21(17)2/h3-8,13-14,23H,9-11H2,1-2H3/t13-,14-/m0/s1. The van der Waals surface area contributed by atoms with E-state index in [-0.39, 0.29) is 18.4 Å². The maximum Gasteiger partial charge on any atom is 0.206 e. The van der Waals surface area contributed by atoms with Crippen molar-refractivity contribution >= 4 is 17.0 Å². The molecule has 6 heteroatoms. The highest BCUT2D eigenvalue weighted by Gasteiger charge is 2.35. The van der Waals surface area contributed by atoms with E-state index >= 15 is 0 Å². The van der Waals surface area contributed by atoms with Crippen LogP contribution in [-0.2, 0) is 14.1 Å². The van der Waals surface area contributed by atoms with Crippen molar-refractivity contribution in [1.82, 2.24) is 19.3 Å². The first-order valence-electron chi connectivity index (χ1n) is 7.93. The van der Waals surface area contributed by atoms with Crippen LogP contribution in [0.5, 0.6) is 0 Å². The first kappa shape index (κ1) is 14.3. The minimum atomic E-state index is 0.181. The van der Waals surface area contributed by atoms with Crippen molar-refractivity contribution in [3.8, 4) is 0 Å². The largest absolute Gasteiger partial charge is 0.396 e. The summed E-state index contributed by atoms with van der Waals surface area (Å²) in [4.78, 5) is 7.06. The number of hydrogen-bond donors (Lipinski definition) is 1. The van der Waals surface area contributed by atoms with Crippen LogP contribution >= 0.6 is 0 Å². The Morgan fingerprint density at radius 1 is 1.22 bits per heavy atom. The molecule has 1 saturated heterocycles. The van der Waals surface area contributed by atoms with Crippen molar-refractivity contribution in [3.05, 3.63) is 42.2 Å². The van der Waals surface area contributed by atoms with E-state index in [9.17, 15) is 5.11 Å². The zero-order valence-corrected chi connectivity index (χ0v) is 13.4.